The minimum atomic E-state index is -9.74. The van der Waals surface area contributed by atoms with Crippen LogP contribution in [-0.2, 0) is 0 Å². The van der Waals surface area contributed by atoms with E-state index in [-0.39, 0.29) is 0 Å². The first kappa shape index (κ1) is 67.3. The molecule has 0 N–H and O–H groups in total. The molecule has 0 aromatic heterocycles. The second-order valence-corrected chi connectivity index (χ2v) is 15.7. The molecule has 0 unspecified atom stereocenters. The maximum absolute atomic E-state index is 14.6. The van der Waals surface area contributed by atoms with Crippen molar-refractivity contribution in [3.8, 4) is 0 Å². The Labute approximate surface area is 350 Å². The van der Waals surface area contributed by atoms with Crippen LogP contribution in [0.4, 0.5) is 198 Å². The van der Waals surface area contributed by atoms with Gasteiger partial charge in [0.15, 0.2) is 0 Å². The van der Waals surface area contributed by atoms with Crippen molar-refractivity contribution in [3.63, 3.8) is 0 Å². The fraction of sp³-hybridized carbons (Fsp3) is 1.00. The zero-order valence-electron chi connectivity index (χ0n) is 30.1. The normalized spacial score (nSPS) is 17.2. The highest BCUT2D eigenvalue weighted by Crippen LogP contribution is 2.69. The molecule has 422 valence electrons. The molecule has 0 aromatic carbocycles. The van der Waals surface area contributed by atoms with Gasteiger partial charge >= 0.3 is 125 Å². The zero-order valence-corrected chi connectivity index (χ0v) is 31.0. The van der Waals surface area contributed by atoms with Gasteiger partial charge < -0.3 is 0 Å². The van der Waals surface area contributed by atoms with Crippen molar-refractivity contribution in [2.24, 2.45) is 0 Å². The van der Waals surface area contributed by atoms with E-state index < -0.39 is 152 Å². The lowest BCUT2D eigenvalue weighted by Gasteiger charge is -2.44. The van der Waals surface area contributed by atoms with Gasteiger partial charge in [-0.2, -0.15) is 198 Å². The van der Waals surface area contributed by atoms with E-state index in [4.69, 9.17) is 0 Å². The van der Waals surface area contributed by atoms with Gasteiger partial charge in [-0.1, -0.05) is 7.92 Å². The third-order valence-corrected chi connectivity index (χ3v) is 11.0. The lowest BCUT2D eigenvalue weighted by Crippen LogP contribution is -2.73. The first-order chi connectivity index (χ1) is 29.3. The van der Waals surface area contributed by atoms with E-state index in [0.717, 1.165) is 0 Å². The van der Waals surface area contributed by atoms with Crippen molar-refractivity contribution in [2.45, 2.75) is 125 Å². The lowest BCUT2D eigenvalue weighted by molar-refractivity contribution is -0.451. The summed E-state index contributed by atoms with van der Waals surface area (Å²) in [4.78, 5) is 0. The van der Waals surface area contributed by atoms with Gasteiger partial charge in [0.1, 0.15) is 0 Å². The Morgan fingerprint density at radius 2 is 0.243 bits per heavy atom. The van der Waals surface area contributed by atoms with Crippen molar-refractivity contribution in [1.82, 2.24) is 0 Å². The highest BCUT2D eigenvalue weighted by atomic mass is 31.1. The van der Waals surface area contributed by atoms with Crippen LogP contribution in [0.15, 0.2) is 0 Å². The van der Waals surface area contributed by atoms with Gasteiger partial charge in [0.2, 0.25) is 0 Å². The molecule has 0 saturated carbocycles. The Bertz CT molecular complexity index is 1620. The van der Waals surface area contributed by atoms with E-state index in [2.05, 4.69) is 0 Å². The molecule has 46 heteroatoms. The van der Waals surface area contributed by atoms with Gasteiger partial charge in [0.25, 0.3) is 0 Å². The quantitative estimate of drug-likeness (QED) is 0.0794. The second kappa shape index (κ2) is 16.9. The Balaban J connectivity index is 8.53. The van der Waals surface area contributed by atoms with E-state index in [1.165, 1.54) is 0 Å². The molecule has 0 aliphatic rings. The molecule has 0 rings (SSSR count). The maximum Gasteiger partial charge on any atom is 0.460 e. The van der Waals surface area contributed by atoms with Crippen LogP contribution in [0.1, 0.15) is 0 Å². The molecule has 70 heavy (non-hydrogen) atoms. The molecule has 0 aromatic rings. The van der Waals surface area contributed by atoms with E-state index >= 15 is 0 Å². The lowest BCUT2D eigenvalue weighted by atomic mass is 9.91. The zero-order chi connectivity index (χ0) is 58.2. The maximum atomic E-state index is 14.6. The highest BCUT2D eigenvalue weighted by molar-refractivity contribution is 7.57. The average molecular weight is 1180 g/mol. The van der Waals surface area contributed by atoms with Crippen LogP contribution in [0, 0.1) is 0 Å². The predicted octanol–water partition coefficient (Wildman–Crippen LogP) is 15.6. The van der Waals surface area contributed by atoms with E-state index in [9.17, 15) is 198 Å². The molecule has 0 aliphatic heterocycles. The van der Waals surface area contributed by atoms with Crippen LogP contribution in [0.3, 0.4) is 0 Å². The molecule has 0 atom stereocenters. The molecule has 0 saturated heterocycles. The predicted molar refractivity (Wildman–Crippen MR) is 129 cm³/mol. The van der Waals surface area contributed by atoms with Gasteiger partial charge in [0, 0.05) is 18.5 Å². The highest BCUT2D eigenvalue weighted by Gasteiger charge is 2.97. The second-order valence-electron chi connectivity index (χ2n) is 13.4. The largest absolute Gasteiger partial charge is 0.460 e. The summed E-state index contributed by atoms with van der Waals surface area (Å²) in [5.41, 5.74) is 0. The monoisotopic (exact) mass is 1180 g/mol. The van der Waals surface area contributed by atoms with Gasteiger partial charge in [-0.3, -0.25) is 0 Å². The van der Waals surface area contributed by atoms with Gasteiger partial charge in [-0.25, -0.2) is 0 Å². The number of hydrogen-bond donors (Lipinski definition) is 0. The topological polar surface area (TPSA) is 0 Å². The summed E-state index contributed by atoms with van der Waals surface area (Å²) in [5, 5.41) is 0. The molecule has 0 bridgehead atoms. The van der Waals surface area contributed by atoms with Crippen LogP contribution in [0.5, 0.6) is 0 Å². The summed E-state index contributed by atoms with van der Waals surface area (Å²) < 4.78 is 610. The first-order valence-corrected chi connectivity index (χ1v) is 16.9. The summed E-state index contributed by atoms with van der Waals surface area (Å²) in [6, 6.07) is 0. The van der Waals surface area contributed by atoms with Crippen LogP contribution in [-0.4, -0.2) is 144 Å². The van der Waals surface area contributed by atoms with E-state index in [0.29, 0.717) is 0 Å². The fourth-order valence-corrected chi connectivity index (χ4v) is 6.92. The van der Waals surface area contributed by atoms with Gasteiger partial charge in [0.05, 0.1) is 0 Å². The third-order valence-electron chi connectivity index (χ3n) is 8.44. The van der Waals surface area contributed by atoms with Gasteiger partial charge in [-0.05, 0) is 0 Å². The number of hydrogen-bond acceptors (Lipinski definition) is 0. The molecular formula is C24H6F45P. The van der Waals surface area contributed by atoms with Crippen molar-refractivity contribution in [1.29, 1.82) is 0 Å². The Morgan fingerprint density at radius 1 is 0.143 bits per heavy atom. The molecule has 0 heterocycles. The fourth-order valence-electron chi connectivity index (χ4n) is 4.31. The molecule has 0 aliphatic carbocycles. The summed E-state index contributed by atoms with van der Waals surface area (Å²) in [5.74, 6) is -169. The van der Waals surface area contributed by atoms with Crippen molar-refractivity contribution >= 4 is 7.92 Å². The number of rotatable bonds is 21. The molecule has 0 spiro atoms. The van der Waals surface area contributed by atoms with Crippen molar-refractivity contribution < 1.29 is 198 Å². The minimum Gasteiger partial charge on any atom is -0.199 e. The average Bonchev–Trinajstić information content (AvgIpc) is 3.08. The molecule has 0 fully saturated rings. The molecule has 0 amide bonds. The molecular weight excluding hydrogens is 1170 g/mol. The van der Waals surface area contributed by atoms with Crippen LogP contribution in [0.2, 0.25) is 0 Å². The molecule has 0 radical (unpaired) electrons. The number of halogens is 45. The van der Waals surface area contributed by atoms with Crippen LogP contribution >= 0.6 is 7.92 Å². The van der Waals surface area contributed by atoms with Crippen molar-refractivity contribution in [2.75, 3.05) is 18.5 Å². The Morgan fingerprint density at radius 3 is 0.357 bits per heavy atom. The minimum absolute atomic E-state index is 5.62. The van der Waals surface area contributed by atoms with E-state index in [1.54, 1.807) is 0 Å². The third kappa shape index (κ3) is 8.88. The summed E-state index contributed by atoms with van der Waals surface area (Å²) in [7, 11) is -7.45. The summed E-state index contributed by atoms with van der Waals surface area (Å²) >= 11 is 0. The van der Waals surface area contributed by atoms with Gasteiger partial charge in [-0.15, -0.1) is 0 Å². The first-order valence-electron chi connectivity index (χ1n) is 15.0. The number of alkyl halides is 45. The standard InChI is InChI=1S/C24H6F45P/c25-4(26,7(31,32)10(37,38)13(43,44)16(49,50)19(55,56)22(61,62)63)1-70(2-5(27,28)8(33,34)11(39,40)14(45,46)17(51,52)20(57,58)23(64,65)66)3-6(29,30)9(35,36)12(41,42)15(47,48)18(53,54)21(59,60)24(67,68)69/h1-3H2. The summed E-state index contributed by atoms with van der Waals surface area (Å²) in [6.07, 6.45) is -42.3. The van der Waals surface area contributed by atoms with Crippen molar-refractivity contribution in [3.05, 3.63) is 0 Å². The smallest absolute Gasteiger partial charge is 0.199 e. The van der Waals surface area contributed by atoms with Crippen LogP contribution < -0.4 is 0 Å². The van der Waals surface area contributed by atoms with Crippen LogP contribution in [0.25, 0.3) is 0 Å². The summed E-state index contributed by atoms with van der Waals surface area (Å²) in [6.45, 7) is 0. The molecule has 0 nitrogen and oxygen atoms in total. The van der Waals surface area contributed by atoms with E-state index in [1.807, 2.05) is 0 Å². The SMILES string of the molecule is FC(F)(F)C(F)(F)C(F)(F)C(F)(F)C(F)(F)C(F)(F)C(F)(F)CP(CC(F)(F)C(F)(F)C(F)(F)C(F)(F)C(F)(F)C(F)(F)C(F)(F)F)CC(F)(F)C(F)(F)C(F)(F)C(F)(F)C(F)(F)C(F)(F)C(F)(F)F. The Kier molecular flexibility index (Phi) is 16.2. The Hall–Kier alpha value is -2.72.